The minimum absolute atomic E-state index is 0.331. The molecule has 6 heteroatoms. The van der Waals surface area contributed by atoms with Crippen LogP contribution in [-0.2, 0) is 14.3 Å². The number of benzene rings is 3. The molecule has 0 aliphatic rings. The Morgan fingerprint density at radius 2 is 1.73 bits per heavy atom. The van der Waals surface area contributed by atoms with Gasteiger partial charge < -0.3 is 19.5 Å². The van der Waals surface area contributed by atoms with Crippen LogP contribution in [-0.4, -0.2) is 32.2 Å². The first-order valence-electron chi connectivity index (χ1n) is 9.47. The summed E-state index contributed by atoms with van der Waals surface area (Å²) in [6.07, 6.45) is 3.84. The Bertz CT molecular complexity index is 1070. The number of nitrogens with one attached hydrogen (secondary N) is 1. The number of amides is 1. The summed E-state index contributed by atoms with van der Waals surface area (Å²) in [5.41, 5.74) is 1.59. The van der Waals surface area contributed by atoms with E-state index in [0.29, 0.717) is 17.2 Å². The summed E-state index contributed by atoms with van der Waals surface area (Å²) in [5, 5.41) is 4.80. The molecule has 1 amide bonds. The van der Waals surface area contributed by atoms with Crippen molar-refractivity contribution in [3.8, 4) is 11.5 Å². The minimum Gasteiger partial charge on any atom is -0.493 e. The largest absolute Gasteiger partial charge is 0.493 e. The average Bonchev–Trinajstić information content (AvgIpc) is 2.76. The van der Waals surface area contributed by atoms with Crippen molar-refractivity contribution in [2.24, 2.45) is 0 Å². The summed E-state index contributed by atoms with van der Waals surface area (Å²) in [5.74, 6) is -0.147. The van der Waals surface area contributed by atoms with E-state index in [-0.39, 0.29) is 6.61 Å². The van der Waals surface area contributed by atoms with Crippen LogP contribution in [0.5, 0.6) is 11.5 Å². The Balaban J connectivity index is 1.48. The van der Waals surface area contributed by atoms with Crippen molar-refractivity contribution < 1.29 is 23.8 Å². The van der Waals surface area contributed by atoms with Crippen molar-refractivity contribution in [2.75, 3.05) is 25.6 Å². The van der Waals surface area contributed by atoms with Gasteiger partial charge in [0.05, 0.1) is 7.11 Å². The molecule has 0 aromatic heterocycles. The van der Waals surface area contributed by atoms with Gasteiger partial charge in [0.2, 0.25) is 0 Å². The first-order chi connectivity index (χ1) is 14.6. The molecule has 0 aliphatic heterocycles. The molecule has 3 aromatic rings. The van der Waals surface area contributed by atoms with E-state index in [4.69, 9.17) is 14.2 Å². The Labute approximate surface area is 175 Å². The van der Waals surface area contributed by atoms with Gasteiger partial charge in [-0.25, -0.2) is 4.79 Å². The van der Waals surface area contributed by atoms with Gasteiger partial charge in [0.15, 0.2) is 24.7 Å². The van der Waals surface area contributed by atoms with E-state index in [1.807, 2.05) is 61.5 Å². The number of hydrogen-bond donors (Lipinski definition) is 1. The molecule has 0 heterocycles. The first-order valence-corrected chi connectivity index (χ1v) is 9.47. The molecule has 3 aromatic carbocycles. The molecule has 0 aliphatic carbocycles. The van der Waals surface area contributed by atoms with Crippen molar-refractivity contribution in [3.63, 3.8) is 0 Å². The van der Waals surface area contributed by atoms with Gasteiger partial charge in [-0.05, 0) is 47.5 Å². The molecule has 0 fully saturated rings. The molecule has 0 spiro atoms. The normalized spacial score (nSPS) is 10.7. The van der Waals surface area contributed by atoms with Gasteiger partial charge in [0, 0.05) is 5.69 Å². The number of fused-ring (bicyclic) bond motifs is 1. The highest BCUT2D eigenvalue weighted by atomic mass is 16.6. The molecule has 0 bridgehead atoms. The number of anilines is 1. The number of methoxy groups -OCH3 is 1. The van der Waals surface area contributed by atoms with E-state index in [1.165, 1.54) is 7.11 Å². The molecule has 1 N–H and O–H groups in total. The third-order valence-corrected chi connectivity index (χ3v) is 4.29. The monoisotopic (exact) mass is 405 g/mol. The van der Waals surface area contributed by atoms with Crippen LogP contribution in [0.4, 0.5) is 5.69 Å². The zero-order valence-electron chi connectivity index (χ0n) is 16.9. The third-order valence-electron chi connectivity index (χ3n) is 4.29. The van der Waals surface area contributed by atoms with E-state index in [9.17, 15) is 9.59 Å². The van der Waals surface area contributed by atoms with E-state index >= 15 is 0 Å². The molecule has 6 nitrogen and oxygen atoms in total. The predicted octanol–water partition coefficient (Wildman–Crippen LogP) is 4.44. The number of hydrogen-bond acceptors (Lipinski definition) is 5. The Morgan fingerprint density at radius 1 is 0.933 bits per heavy atom. The number of esters is 1. The van der Waals surface area contributed by atoms with Gasteiger partial charge in [0.1, 0.15) is 0 Å². The average molecular weight is 405 g/mol. The van der Waals surface area contributed by atoms with Gasteiger partial charge in [-0.2, -0.15) is 0 Å². The van der Waals surface area contributed by atoms with Crippen molar-refractivity contribution in [1.29, 1.82) is 0 Å². The lowest BCUT2D eigenvalue weighted by atomic mass is 10.1. The molecule has 0 saturated carbocycles. The third kappa shape index (κ3) is 5.61. The number of carbonyl (C=O) groups excluding carboxylic acids is 2. The van der Waals surface area contributed by atoms with Crippen LogP contribution in [0.2, 0.25) is 0 Å². The fourth-order valence-corrected chi connectivity index (χ4v) is 2.89. The molecule has 0 atom stereocenters. The smallest absolute Gasteiger partial charge is 0.344 e. The highest BCUT2D eigenvalue weighted by Crippen LogP contribution is 2.28. The maximum atomic E-state index is 12.1. The van der Waals surface area contributed by atoms with E-state index in [0.717, 1.165) is 16.3 Å². The zero-order valence-corrected chi connectivity index (χ0v) is 16.9. The SMILES string of the molecule is C/C=C/c1ccc(OCC(=O)OCC(=O)Nc2ccc3ccccc3c2)c(OC)c1. The highest BCUT2D eigenvalue weighted by molar-refractivity contribution is 5.95. The van der Waals surface area contributed by atoms with Crippen molar-refractivity contribution in [2.45, 2.75) is 6.92 Å². The van der Waals surface area contributed by atoms with Crippen LogP contribution in [0, 0.1) is 0 Å². The summed E-state index contributed by atoms with van der Waals surface area (Å²) in [7, 11) is 1.52. The number of ether oxygens (including phenoxy) is 3. The van der Waals surface area contributed by atoms with Gasteiger partial charge in [-0.15, -0.1) is 0 Å². The number of rotatable bonds is 8. The van der Waals surface area contributed by atoms with Crippen LogP contribution in [0.1, 0.15) is 12.5 Å². The lowest BCUT2D eigenvalue weighted by molar-refractivity contribution is -0.149. The topological polar surface area (TPSA) is 73.9 Å². The standard InChI is InChI=1S/C24H23NO5/c1-3-6-17-9-12-21(22(13-17)28-2)29-16-24(27)30-15-23(26)25-20-11-10-18-7-4-5-8-19(18)14-20/h3-14H,15-16H2,1-2H3,(H,25,26)/b6-3+. The Morgan fingerprint density at radius 3 is 2.50 bits per heavy atom. The first kappa shape index (κ1) is 20.9. The van der Waals surface area contributed by atoms with Crippen LogP contribution < -0.4 is 14.8 Å². The predicted molar refractivity (Wildman–Crippen MR) is 117 cm³/mol. The molecular formula is C24H23NO5. The second kappa shape index (κ2) is 10.1. The second-order valence-corrected chi connectivity index (χ2v) is 6.47. The second-order valence-electron chi connectivity index (χ2n) is 6.47. The van der Waals surface area contributed by atoms with Crippen LogP contribution >= 0.6 is 0 Å². The van der Waals surface area contributed by atoms with Crippen LogP contribution in [0.15, 0.2) is 66.7 Å². The zero-order chi connectivity index (χ0) is 21.3. The quantitative estimate of drug-likeness (QED) is 0.561. The molecule has 0 saturated heterocycles. The van der Waals surface area contributed by atoms with Crippen LogP contribution in [0.25, 0.3) is 16.8 Å². The minimum atomic E-state index is -0.650. The van der Waals surface area contributed by atoms with Gasteiger partial charge in [-0.1, -0.05) is 48.6 Å². The van der Waals surface area contributed by atoms with Crippen molar-refractivity contribution >= 4 is 34.4 Å². The fourth-order valence-electron chi connectivity index (χ4n) is 2.89. The summed E-state index contributed by atoms with van der Waals surface area (Å²) in [4.78, 5) is 24.0. The van der Waals surface area contributed by atoms with Crippen molar-refractivity contribution in [3.05, 3.63) is 72.3 Å². The summed E-state index contributed by atoms with van der Waals surface area (Å²) >= 11 is 0. The number of allylic oxidation sites excluding steroid dienone is 1. The maximum Gasteiger partial charge on any atom is 0.344 e. The van der Waals surface area contributed by atoms with E-state index < -0.39 is 18.5 Å². The molecular weight excluding hydrogens is 382 g/mol. The van der Waals surface area contributed by atoms with Crippen molar-refractivity contribution in [1.82, 2.24) is 0 Å². The van der Waals surface area contributed by atoms with Crippen LogP contribution in [0.3, 0.4) is 0 Å². The molecule has 154 valence electrons. The van der Waals surface area contributed by atoms with Gasteiger partial charge >= 0.3 is 5.97 Å². The van der Waals surface area contributed by atoms with E-state index in [1.54, 1.807) is 18.2 Å². The highest BCUT2D eigenvalue weighted by Gasteiger charge is 2.11. The van der Waals surface area contributed by atoms with E-state index in [2.05, 4.69) is 5.32 Å². The molecule has 30 heavy (non-hydrogen) atoms. The maximum absolute atomic E-state index is 12.1. The Hall–Kier alpha value is -3.80. The molecule has 0 radical (unpaired) electrons. The summed E-state index contributed by atoms with van der Waals surface area (Å²) in [6.45, 7) is 1.19. The number of carbonyl (C=O) groups is 2. The van der Waals surface area contributed by atoms with Gasteiger partial charge in [-0.3, -0.25) is 4.79 Å². The molecule has 3 rings (SSSR count). The Kier molecular flexibility index (Phi) is 7.05. The van der Waals surface area contributed by atoms with Gasteiger partial charge in [0.25, 0.3) is 5.91 Å². The summed E-state index contributed by atoms with van der Waals surface area (Å²) < 4.78 is 15.7. The fraction of sp³-hybridized carbons (Fsp3) is 0.167. The molecule has 0 unspecified atom stereocenters. The summed E-state index contributed by atoms with van der Waals surface area (Å²) in [6, 6.07) is 18.8. The lowest BCUT2D eigenvalue weighted by Gasteiger charge is -2.11. The lowest BCUT2D eigenvalue weighted by Crippen LogP contribution is -2.23.